The van der Waals surface area contributed by atoms with Gasteiger partial charge in [0.25, 0.3) is 5.91 Å². The number of hydrogen-bond acceptors (Lipinski definition) is 5. The number of rotatable bonds is 5. The highest BCUT2D eigenvalue weighted by molar-refractivity contribution is 6.02. The summed E-state index contributed by atoms with van der Waals surface area (Å²) in [6.45, 7) is 0.150. The molecular formula is C18H14FN3O4. The molecule has 0 radical (unpaired) electrons. The zero-order chi connectivity index (χ0) is 17.9. The SMILES string of the molecule is O=C(Nc1ccc2c(c1)OCO2)c1ccn(COc2ccccc2F)n1. The number of anilines is 1. The number of benzene rings is 2. The lowest BCUT2D eigenvalue weighted by Crippen LogP contribution is -2.14. The van der Waals surface area contributed by atoms with Crippen molar-refractivity contribution in [3.8, 4) is 17.2 Å². The molecule has 1 aliphatic heterocycles. The molecule has 2 heterocycles. The van der Waals surface area contributed by atoms with E-state index in [1.54, 1.807) is 42.6 Å². The molecule has 2 aromatic carbocycles. The van der Waals surface area contributed by atoms with E-state index in [-0.39, 0.29) is 30.9 Å². The summed E-state index contributed by atoms with van der Waals surface area (Å²) >= 11 is 0. The quantitative estimate of drug-likeness (QED) is 0.761. The highest BCUT2D eigenvalue weighted by Crippen LogP contribution is 2.34. The van der Waals surface area contributed by atoms with Gasteiger partial charge in [0.15, 0.2) is 35.5 Å². The maximum Gasteiger partial charge on any atom is 0.276 e. The van der Waals surface area contributed by atoms with E-state index in [0.29, 0.717) is 17.2 Å². The van der Waals surface area contributed by atoms with Gasteiger partial charge in [-0.05, 0) is 30.3 Å². The molecule has 4 rings (SSSR count). The lowest BCUT2D eigenvalue weighted by Gasteiger charge is -2.07. The van der Waals surface area contributed by atoms with Gasteiger partial charge in [-0.1, -0.05) is 12.1 Å². The lowest BCUT2D eigenvalue weighted by molar-refractivity contribution is 0.102. The Labute approximate surface area is 147 Å². The number of ether oxygens (including phenoxy) is 3. The predicted octanol–water partition coefficient (Wildman–Crippen LogP) is 3.04. The van der Waals surface area contributed by atoms with Crippen LogP contribution in [0.15, 0.2) is 54.7 Å². The molecule has 7 nitrogen and oxygen atoms in total. The maximum absolute atomic E-state index is 13.5. The van der Waals surface area contributed by atoms with Gasteiger partial charge < -0.3 is 19.5 Å². The smallest absolute Gasteiger partial charge is 0.276 e. The largest absolute Gasteiger partial charge is 0.468 e. The molecule has 0 aliphatic carbocycles. The van der Waals surface area contributed by atoms with Crippen LogP contribution in [0, 0.1) is 5.82 Å². The summed E-state index contributed by atoms with van der Waals surface area (Å²) in [5, 5.41) is 6.86. The van der Waals surface area contributed by atoms with Crippen LogP contribution >= 0.6 is 0 Å². The number of hydrogen-bond donors (Lipinski definition) is 1. The third-order valence-electron chi connectivity index (χ3n) is 3.69. The minimum absolute atomic E-state index is 0.0156. The van der Waals surface area contributed by atoms with Crippen molar-refractivity contribution in [1.29, 1.82) is 0 Å². The Morgan fingerprint density at radius 3 is 2.92 bits per heavy atom. The number of carbonyl (C=O) groups excluding carboxylic acids is 1. The van der Waals surface area contributed by atoms with Crippen molar-refractivity contribution < 1.29 is 23.4 Å². The molecule has 8 heteroatoms. The fourth-order valence-corrected chi connectivity index (χ4v) is 2.42. The summed E-state index contributed by atoms with van der Waals surface area (Å²) in [7, 11) is 0. The number of amides is 1. The van der Waals surface area contributed by atoms with Gasteiger partial charge in [0.05, 0.1) is 0 Å². The number of fused-ring (bicyclic) bond motifs is 1. The Hall–Kier alpha value is -3.55. The second-order valence-electron chi connectivity index (χ2n) is 5.47. The molecule has 26 heavy (non-hydrogen) atoms. The second kappa shape index (κ2) is 6.75. The number of nitrogens with zero attached hydrogens (tertiary/aromatic N) is 2. The molecule has 0 atom stereocenters. The molecule has 1 N–H and O–H groups in total. The van der Waals surface area contributed by atoms with Gasteiger partial charge in [0, 0.05) is 18.0 Å². The highest BCUT2D eigenvalue weighted by Gasteiger charge is 2.15. The minimum Gasteiger partial charge on any atom is -0.468 e. The van der Waals surface area contributed by atoms with Crippen LogP contribution < -0.4 is 19.5 Å². The molecule has 0 unspecified atom stereocenters. The maximum atomic E-state index is 13.5. The zero-order valence-corrected chi connectivity index (χ0v) is 13.5. The third-order valence-corrected chi connectivity index (χ3v) is 3.69. The van der Waals surface area contributed by atoms with Gasteiger partial charge in [-0.15, -0.1) is 0 Å². The first-order valence-corrected chi connectivity index (χ1v) is 7.81. The Morgan fingerprint density at radius 1 is 1.19 bits per heavy atom. The van der Waals surface area contributed by atoms with Gasteiger partial charge >= 0.3 is 0 Å². The van der Waals surface area contributed by atoms with Crippen molar-refractivity contribution in [2.24, 2.45) is 0 Å². The first kappa shape index (κ1) is 15.9. The van der Waals surface area contributed by atoms with Crippen LogP contribution in [0.4, 0.5) is 10.1 Å². The van der Waals surface area contributed by atoms with Gasteiger partial charge in [0.1, 0.15) is 0 Å². The molecule has 0 bridgehead atoms. The van der Waals surface area contributed by atoms with E-state index >= 15 is 0 Å². The van der Waals surface area contributed by atoms with E-state index in [2.05, 4.69) is 10.4 Å². The van der Waals surface area contributed by atoms with Gasteiger partial charge in [-0.3, -0.25) is 4.79 Å². The topological polar surface area (TPSA) is 74.6 Å². The van der Waals surface area contributed by atoms with Gasteiger partial charge in [-0.25, -0.2) is 9.07 Å². The van der Waals surface area contributed by atoms with Crippen LogP contribution in [-0.4, -0.2) is 22.5 Å². The summed E-state index contributed by atoms with van der Waals surface area (Å²) < 4.78 is 30.8. The van der Waals surface area contributed by atoms with Crippen LogP contribution in [0.3, 0.4) is 0 Å². The molecular weight excluding hydrogens is 341 g/mol. The first-order chi connectivity index (χ1) is 12.7. The van der Waals surface area contributed by atoms with E-state index in [9.17, 15) is 9.18 Å². The summed E-state index contributed by atoms with van der Waals surface area (Å²) in [6, 6.07) is 12.7. The average Bonchev–Trinajstić information content (AvgIpc) is 3.30. The Morgan fingerprint density at radius 2 is 2.04 bits per heavy atom. The Kier molecular flexibility index (Phi) is 4.14. The van der Waals surface area contributed by atoms with Crippen molar-refractivity contribution in [2.75, 3.05) is 12.1 Å². The average molecular weight is 355 g/mol. The zero-order valence-electron chi connectivity index (χ0n) is 13.5. The molecule has 0 saturated heterocycles. The number of carbonyl (C=O) groups is 1. The number of para-hydroxylation sites is 1. The molecule has 1 aromatic heterocycles. The van der Waals surface area contributed by atoms with Crippen molar-refractivity contribution in [3.63, 3.8) is 0 Å². The lowest BCUT2D eigenvalue weighted by atomic mass is 10.2. The van der Waals surface area contributed by atoms with E-state index in [1.165, 1.54) is 16.8 Å². The summed E-state index contributed by atoms with van der Waals surface area (Å²) in [5.41, 5.74) is 0.774. The van der Waals surface area contributed by atoms with Crippen molar-refractivity contribution in [2.45, 2.75) is 6.73 Å². The molecule has 1 amide bonds. The molecule has 3 aromatic rings. The minimum atomic E-state index is -0.458. The molecule has 0 fully saturated rings. The van der Waals surface area contributed by atoms with Crippen LogP contribution in [0.1, 0.15) is 10.5 Å². The molecule has 1 aliphatic rings. The number of nitrogens with one attached hydrogen (secondary N) is 1. The standard InChI is InChI=1S/C18H14FN3O4/c19-13-3-1-2-4-15(13)24-10-22-8-7-14(21-22)18(23)20-12-5-6-16-17(9-12)26-11-25-16/h1-9H,10-11H2,(H,20,23). The number of halogens is 1. The summed E-state index contributed by atoms with van der Waals surface area (Å²) in [6.07, 6.45) is 1.58. The first-order valence-electron chi connectivity index (χ1n) is 7.81. The second-order valence-corrected chi connectivity index (χ2v) is 5.47. The van der Waals surface area contributed by atoms with E-state index in [1.807, 2.05) is 0 Å². The van der Waals surface area contributed by atoms with Crippen molar-refractivity contribution >= 4 is 11.6 Å². The molecule has 132 valence electrons. The molecule has 0 saturated carbocycles. The van der Waals surface area contributed by atoms with E-state index < -0.39 is 5.82 Å². The van der Waals surface area contributed by atoms with Gasteiger partial charge in [0.2, 0.25) is 6.79 Å². The Bertz CT molecular complexity index is 957. The summed E-state index contributed by atoms with van der Waals surface area (Å²) in [4.78, 5) is 12.3. The van der Waals surface area contributed by atoms with E-state index in [0.717, 1.165) is 0 Å². The predicted molar refractivity (Wildman–Crippen MR) is 89.8 cm³/mol. The van der Waals surface area contributed by atoms with Crippen molar-refractivity contribution in [1.82, 2.24) is 9.78 Å². The molecule has 0 spiro atoms. The van der Waals surface area contributed by atoms with Crippen LogP contribution in [0.25, 0.3) is 0 Å². The third kappa shape index (κ3) is 3.30. The summed E-state index contributed by atoms with van der Waals surface area (Å²) in [5.74, 6) is 0.493. The van der Waals surface area contributed by atoms with Crippen molar-refractivity contribution in [3.05, 3.63) is 66.2 Å². The van der Waals surface area contributed by atoms with Gasteiger partial charge in [-0.2, -0.15) is 5.10 Å². The fraction of sp³-hybridized carbons (Fsp3) is 0.111. The normalized spacial score (nSPS) is 12.0. The monoisotopic (exact) mass is 355 g/mol. The van der Waals surface area contributed by atoms with Crippen LogP contribution in [-0.2, 0) is 6.73 Å². The van der Waals surface area contributed by atoms with E-state index in [4.69, 9.17) is 14.2 Å². The highest BCUT2D eigenvalue weighted by atomic mass is 19.1. The fourth-order valence-electron chi connectivity index (χ4n) is 2.42. The van der Waals surface area contributed by atoms with Crippen LogP contribution in [0.5, 0.6) is 17.2 Å². The Balaban J connectivity index is 1.39. The van der Waals surface area contributed by atoms with Crippen LogP contribution in [0.2, 0.25) is 0 Å². The number of aromatic nitrogens is 2.